The van der Waals surface area contributed by atoms with Gasteiger partial charge >= 0.3 is 0 Å². The molecular weight excluding hydrogens is 180 g/mol. The Labute approximate surface area is 83.5 Å². The molecule has 0 saturated carbocycles. The molecule has 0 unspecified atom stereocenters. The molecule has 1 aromatic heterocycles. The Hall–Kier alpha value is -1.36. The monoisotopic (exact) mass is 196 g/mol. The zero-order valence-electron chi connectivity index (χ0n) is 8.58. The average Bonchev–Trinajstić information content (AvgIpc) is 2.50. The maximum Gasteiger partial charge on any atom is 0.216 e. The van der Waals surface area contributed by atoms with Gasteiger partial charge in [-0.25, -0.2) is 0 Å². The maximum atomic E-state index is 10.5. The van der Waals surface area contributed by atoms with Crippen molar-refractivity contribution in [1.29, 1.82) is 0 Å². The van der Waals surface area contributed by atoms with E-state index in [1.165, 1.54) is 6.92 Å². The zero-order valence-corrected chi connectivity index (χ0v) is 8.58. The van der Waals surface area contributed by atoms with E-state index in [1.54, 1.807) is 4.68 Å². The van der Waals surface area contributed by atoms with Gasteiger partial charge < -0.3 is 10.6 Å². The number of hydrogen-bond donors (Lipinski definition) is 2. The van der Waals surface area contributed by atoms with Crippen LogP contribution in [0.1, 0.15) is 12.6 Å². The van der Waals surface area contributed by atoms with Gasteiger partial charge in [-0.1, -0.05) is 0 Å². The highest BCUT2D eigenvalue weighted by Gasteiger charge is 1.95. The van der Waals surface area contributed by atoms with Gasteiger partial charge in [-0.3, -0.25) is 9.48 Å². The van der Waals surface area contributed by atoms with E-state index in [2.05, 4.69) is 15.7 Å². The molecule has 1 rings (SSSR count). The van der Waals surface area contributed by atoms with Gasteiger partial charge in [-0.15, -0.1) is 0 Å². The lowest BCUT2D eigenvalue weighted by Gasteiger charge is -2.02. The van der Waals surface area contributed by atoms with E-state index in [0.717, 1.165) is 18.8 Å². The number of carbonyl (C=O) groups is 1. The first-order chi connectivity index (χ1) is 6.68. The van der Waals surface area contributed by atoms with Crippen molar-refractivity contribution in [2.24, 2.45) is 7.05 Å². The van der Waals surface area contributed by atoms with Gasteiger partial charge in [0, 0.05) is 39.8 Å². The average molecular weight is 196 g/mol. The van der Waals surface area contributed by atoms with E-state index in [9.17, 15) is 4.79 Å². The lowest BCUT2D eigenvalue weighted by atomic mass is 10.4. The summed E-state index contributed by atoms with van der Waals surface area (Å²) in [6.45, 7) is 3.66. The smallest absolute Gasteiger partial charge is 0.216 e. The fourth-order valence-electron chi connectivity index (χ4n) is 1.10. The first-order valence-corrected chi connectivity index (χ1v) is 4.62. The number of rotatable bonds is 5. The minimum absolute atomic E-state index is 0.00429. The lowest BCUT2D eigenvalue weighted by Crippen LogP contribution is -2.29. The predicted molar refractivity (Wildman–Crippen MR) is 53.6 cm³/mol. The minimum atomic E-state index is 0.00429. The molecule has 0 aliphatic rings. The van der Waals surface area contributed by atoms with Crippen LogP contribution in [0, 0.1) is 0 Å². The molecule has 5 nitrogen and oxygen atoms in total. The van der Waals surface area contributed by atoms with Crippen molar-refractivity contribution < 1.29 is 4.79 Å². The van der Waals surface area contributed by atoms with Gasteiger partial charge in [0.2, 0.25) is 5.91 Å². The molecule has 1 amide bonds. The van der Waals surface area contributed by atoms with Crippen LogP contribution >= 0.6 is 0 Å². The first kappa shape index (κ1) is 10.7. The van der Waals surface area contributed by atoms with Crippen molar-refractivity contribution in [2.75, 3.05) is 13.1 Å². The molecule has 5 heteroatoms. The number of nitrogens with one attached hydrogen (secondary N) is 2. The third-order valence-electron chi connectivity index (χ3n) is 1.75. The fourth-order valence-corrected chi connectivity index (χ4v) is 1.10. The summed E-state index contributed by atoms with van der Waals surface area (Å²) in [5.74, 6) is 0.00429. The summed E-state index contributed by atoms with van der Waals surface area (Å²) >= 11 is 0. The zero-order chi connectivity index (χ0) is 10.4. The third kappa shape index (κ3) is 4.04. The summed E-state index contributed by atoms with van der Waals surface area (Å²) in [4.78, 5) is 10.5. The molecule has 0 radical (unpaired) electrons. The molecule has 0 fully saturated rings. The number of aromatic nitrogens is 2. The molecule has 0 spiro atoms. The molecule has 78 valence electrons. The fraction of sp³-hybridized carbons (Fsp3) is 0.556. The molecular formula is C9H16N4O. The minimum Gasteiger partial charge on any atom is -0.355 e. The molecule has 0 atom stereocenters. The maximum absolute atomic E-state index is 10.5. The highest BCUT2D eigenvalue weighted by molar-refractivity contribution is 5.72. The van der Waals surface area contributed by atoms with Gasteiger partial charge in [-0.05, 0) is 6.07 Å². The second-order valence-corrected chi connectivity index (χ2v) is 3.14. The largest absolute Gasteiger partial charge is 0.355 e. The standard InChI is InChI=1S/C9H16N4O/c1-8(14)11-5-4-10-7-9-3-6-13(2)12-9/h3,6,10H,4-5,7H2,1-2H3,(H,11,14). The van der Waals surface area contributed by atoms with E-state index < -0.39 is 0 Å². The number of amides is 1. The second-order valence-electron chi connectivity index (χ2n) is 3.14. The van der Waals surface area contributed by atoms with Gasteiger partial charge in [0.15, 0.2) is 0 Å². The lowest BCUT2D eigenvalue weighted by molar-refractivity contribution is -0.118. The van der Waals surface area contributed by atoms with Crippen molar-refractivity contribution in [2.45, 2.75) is 13.5 Å². The first-order valence-electron chi connectivity index (χ1n) is 4.62. The van der Waals surface area contributed by atoms with E-state index in [1.807, 2.05) is 19.3 Å². The number of hydrogen-bond acceptors (Lipinski definition) is 3. The summed E-state index contributed by atoms with van der Waals surface area (Å²) in [6.07, 6.45) is 1.91. The highest BCUT2D eigenvalue weighted by Crippen LogP contribution is 1.91. The van der Waals surface area contributed by atoms with E-state index in [0.29, 0.717) is 6.54 Å². The Balaban J connectivity index is 2.07. The van der Waals surface area contributed by atoms with Crippen molar-refractivity contribution in [1.82, 2.24) is 20.4 Å². The number of aryl methyl sites for hydroxylation is 1. The van der Waals surface area contributed by atoms with Crippen LogP contribution in [0.4, 0.5) is 0 Å². The number of carbonyl (C=O) groups excluding carboxylic acids is 1. The molecule has 0 aliphatic carbocycles. The Kier molecular flexibility index (Phi) is 4.12. The summed E-state index contributed by atoms with van der Waals surface area (Å²) < 4.78 is 1.77. The summed E-state index contributed by atoms with van der Waals surface area (Å²) in [5, 5.41) is 10.1. The summed E-state index contributed by atoms with van der Waals surface area (Å²) in [6, 6.07) is 1.96. The molecule has 1 aromatic rings. The molecule has 2 N–H and O–H groups in total. The summed E-state index contributed by atoms with van der Waals surface area (Å²) in [5.41, 5.74) is 1.01. The van der Waals surface area contributed by atoms with E-state index >= 15 is 0 Å². The Morgan fingerprint density at radius 2 is 2.36 bits per heavy atom. The van der Waals surface area contributed by atoms with Crippen molar-refractivity contribution in [3.63, 3.8) is 0 Å². The molecule has 0 aliphatic heterocycles. The SMILES string of the molecule is CC(=O)NCCNCc1ccn(C)n1. The second kappa shape index (κ2) is 5.39. The van der Waals surface area contributed by atoms with Crippen LogP contribution in [0.5, 0.6) is 0 Å². The van der Waals surface area contributed by atoms with Crippen molar-refractivity contribution in [3.05, 3.63) is 18.0 Å². The van der Waals surface area contributed by atoms with Crippen molar-refractivity contribution in [3.8, 4) is 0 Å². The van der Waals surface area contributed by atoms with Crippen molar-refractivity contribution >= 4 is 5.91 Å². The number of nitrogens with zero attached hydrogens (tertiary/aromatic N) is 2. The van der Waals surface area contributed by atoms with Crippen LogP contribution in [0.15, 0.2) is 12.3 Å². The van der Waals surface area contributed by atoms with E-state index in [4.69, 9.17) is 0 Å². The normalized spacial score (nSPS) is 10.1. The molecule has 1 heterocycles. The van der Waals surface area contributed by atoms with Crippen LogP contribution in [0.25, 0.3) is 0 Å². The Bertz CT molecular complexity index is 295. The van der Waals surface area contributed by atoms with E-state index in [-0.39, 0.29) is 5.91 Å². The van der Waals surface area contributed by atoms with Crippen LogP contribution in [0.3, 0.4) is 0 Å². The molecule has 0 saturated heterocycles. The molecule has 14 heavy (non-hydrogen) atoms. The predicted octanol–water partition coefficient (Wildman–Crippen LogP) is -0.354. The molecule has 0 aromatic carbocycles. The Morgan fingerprint density at radius 3 is 2.93 bits per heavy atom. The van der Waals surface area contributed by atoms with Gasteiger partial charge in [0.05, 0.1) is 5.69 Å². The van der Waals surface area contributed by atoms with Gasteiger partial charge in [0.25, 0.3) is 0 Å². The van der Waals surface area contributed by atoms with Gasteiger partial charge in [0.1, 0.15) is 0 Å². The Morgan fingerprint density at radius 1 is 1.57 bits per heavy atom. The summed E-state index contributed by atoms with van der Waals surface area (Å²) in [7, 11) is 1.89. The highest BCUT2D eigenvalue weighted by atomic mass is 16.1. The van der Waals surface area contributed by atoms with Crippen LogP contribution in [0.2, 0.25) is 0 Å². The molecule has 0 bridgehead atoms. The third-order valence-corrected chi connectivity index (χ3v) is 1.75. The van der Waals surface area contributed by atoms with Crippen LogP contribution in [-0.2, 0) is 18.4 Å². The topological polar surface area (TPSA) is 59.0 Å². The van der Waals surface area contributed by atoms with Crippen LogP contribution in [-0.4, -0.2) is 28.8 Å². The quantitative estimate of drug-likeness (QED) is 0.633. The van der Waals surface area contributed by atoms with Gasteiger partial charge in [-0.2, -0.15) is 5.10 Å². The van der Waals surface area contributed by atoms with Crippen LogP contribution < -0.4 is 10.6 Å².